The van der Waals surface area contributed by atoms with Gasteiger partial charge in [0.05, 0.1) is 47.6 Å². The molecule has 0 aliphatic carbocycles. The number of nitrogens with one attached hydrogen (secondary N) is 1. The Balaban J connectivity index is 1.22. The molecule has 3 heterocycles. The highest BCUT2D eigenvalue weighted by Gasteiger charge is 2.31. The van der Waals surface area contributed by atoms with Crippen LogP contribution in [0.2, 0.25) is 0 Å². The lowest BCUT2D eigenvalue weighted by Crippen LogP contribution is -2.48. The van der Waals surface area contributed by atoms with E-state index in [9.17, 15) is 22.4 Å². The number of aryl methyl sites for hydroxylation is 1. The maximum atomic E-state index is 14.3. The smallest absolute Gasteiger partial charge is 0.416 e. The molecule has 1 fully saturated rings. The molecule has 0 radical (unpaired) electrons. The number of hydrogen-bond donors (Lipinski definition) is 1. The number of nitrogens with zero attached hydrogens (tertiary/aromatic N) is 5. The molecule has 1 aliphatic rings. The Morgan fingerprint density at radius 2 is 1.74 bits per heavy atom. The SMILES string of the molecule is COCCN1CCN(CC(=O)Cc2cc(Oc3ccc4c(c3)nc(Nc3cc(C(F)(F)F)ccc3F)n4C)ccn2)CC1. The number of imidazole rings is 1. The first kappa shape index (κ1) is 30.4. The Labute approximate surface area is 246 Å². The minimum atomic E-state index is -4.61. The molecular formula is C30H32F4N6O3. The van der Waals surface area contributed by atoms with Crippen molar-refractivity contribution in [2.45, 2.75) is 12.6 Å². The third-order valence-corrected chi connectivity index (χ3v) is 7.27. The molecule has 0 atom stereocenters. The first-order valence-electron chi connectivity index (χ1n) is 13.8. The molecule has 1 saturated heterocycles. The number of alkyl halides is 3. The summed E-state index contributed by atoms with van der Waals surface area (Å²) < 4.78 is 66.4. The number of pyridine rings is 1. The van der Waals surface area contributed by atoms with Gasteiger partial charge in [-0.3, -0.25) is 19.6 Å². The number of carbonyl (C=O) groups excluding carboxylic acids is 1. The van der Waals surface area contributed by atoms with Gasteiger partial charge in [-0.05, 0) is 36.4 Å². The summed E-state index contributed by atoms with van der Waals surface area (Å²) in [6.45, 7) is 5.41. The molecule has 1 aliphatic heterocycles. The van der Waals surface area contributed by atoms with Crippen LogP contribution in [0.5, 0.6) is 11.5 Å². The van der Waals surface area contributed by atoms with Crippen molar-refractivity contribution in [3.8, 4) is 11.5 Å². The van der Waals surface area contributed by atoms with E-state index in [4.69, 9.17) is 9.47 Å². The monoisotopic (exact) mass is 600 g/mol. The van der Waals surface area contributed by atoms with Crippen LogP contribution in [-0.4, -0.2) is 83.1 Å². The predicted molar refractivity (Wildman–Crippen MR) is 153 cm³/mol. The minimum Gasteiger partial charge on any atom is -0.457 e. The third-order valence-electron chi connectivity index (χ3n) is 7.27. The van der Waals surface area contributed by atoms with Crippen LogP contribution in [-0.2, 0) is 29.2 Å². The maximum Gasteiger partial charge on any atom is 0.416 e. The van der Waals surface area contributed by atoms with Crippen LogP contribution in [0.15, 0.2) is 54.7 Å². The second-order valence-electron chi connectivity index (χ2n) is 10.4. The summed E-state index contributed by atoms with van der Waals surface area (Å²) in [5, 5.41) is 2.66. The van der Waals surface area contributed by atoms with Crippen LogP contribution in [0, 0.1) is 5.82 Å². The average molecular weight is 601 g/mol. The molecule has 2 aromatic carbocycles. The Bertz CT molecular complexity index is 1580. The number of aromatic nitrogens is 3. The van der Waals surface area contributed by atoms with E-state index in [-0.39, 0.29) is 23.8 Å². The number of carbonyl (C=O) groups is 1. The van der Waals surface area contributed by atoms with E-state index >= 15 is 0 Å². The lowest BCUT2D eigenvalue weighted by Gasteiger charge is -2.34. The lowest BCUT2D eigenvalue weighted by atomic mass is 10.1. The topological polar surface area (TPSA) is 84.8 Å². The number of piperazine rings is 1. The molecule has 5 rings (SSSR count). The fraction of sp³-hybridized carbons (Fsp3) is 0.367. The van der Waals surface area contributed by atoms with Crippen molar-refractivity contribution < 1.29 is 31.8 Å². The predicted octanol–water partition coefficient (Wildman–Crippen LogP) is 5.04. The molecule has 13 heteroatoms. The van der Waals surface area contributed by atoms with Gasteiger partial charge in [-0.15, -0.1) is 0 Å². The number of Topliss-reactive ketones (excluding diaryl/α,β-unsaturated/α-hetero) is 1. The highest BCUT2D eigenvalue weighted by Crippen LogP contribution is 2.33. The van der Waals surface area contributed by atoms with Crippen molar-refractivity contribution in [3.63, 3.8) is 0 Å². The summed E-state index contributed by atoms with van der Waals surface area (Å²) in [5.74, 6) is 0.339. The van der Waals surface area contributed by atoms with Gasteiger partial charge in [0.1, 0.15) is 17.3 Å². The normalized spacial score (nSPS) is 14.7. The summed E-state index contributed by atoms with van der Waals surface area (Å²) in [6.07, 6.45) is -2.85. The van der Waals surface area contributed by atoms with Gasteiger partial charge in [0.15, 0.2) is 5.78 Å². The van der Waals surface area contributed by atoms with E-state index in [1.54, 1.807) is 55.3 Å². The van der Waals surface area contributed by atoms with E-state index in [0.717, 1.165) is 38.8 Å². The second-order valence-corrected chi connectivity index (χ2v) is 10.4. The summed E-state index contributed by atoms with van der Waals surface area (Å²) in [5.41, 5.74) is 0.424. The molecule has 4 aromatic rings. The Morgan fingerprint density at radius 3 is 2.49 bits per heavy atom. The number of anilines is 2. The van der Waals surface area contributed by atoms with Gasteiger partial charge in [0.25, 0.3) is 0 Å². The number of halogens is 4. The zero-order valence-electron chi connectivity index (χ0n) is 23.8. The molecule has 0 bridgehead atoms. The highest BCUT2D eigenvalue weighted by atomic mass is 19.4. The van der Waals surface area contributed by atoms with E-state index < -0.39 is 17.6 Å². The van der Waals surface area contributed by atoms with Gasteiger partial charge >= 0.3 is 6.18 Å². The van der Waals surface area contributed by atoms with E-state index in [1.165, 1.54) is 0 Å². The number of benzene rings is 2. The van der Waals surface area contributed by atoms with Crippen molar-refractivity contribution >= 4 is 28.5 Å². The maximum absolute atomic E-state index is 14.3. The average Bonchev–Trinajstić information content (AvgIpc) is 3.27. The van der Waals surface area contributed by atoms with Crippen LogP contribution in [0.4, 0.5) is 29.2 Å². The van der Waals surface area contributed by atoms with Crippen molar-refractivity contribution in [2.24, 2.45) is 7.05 Å². The summed E-state index contributed by atoms with van der Waals surface area (Å²) >= 11 is 0. The number of rotatable bonds is 11. The first-order valence-corrected chi connectivity index (χ1v) is 13.8. The molecule has 1 N–H and O–H groups in total. The fourth-order valence-corrected chi connectivity index (χ4v) is 4.92. The zero-order chi connectivity index (χ0) is 30.6. The molecular weight excluding hydrogens is 568 g/mol. The number of ether oxygens (including phenoxy) is 2. The number of methoxy groups -OCH3 is 1. The van der Waals surface area contributed by atoms with Crippen LogP contribution >= 0.6 is 0 Å². The molecule has 0 spiro atoms. The molecule has 9 nitrogen and oxygen atoms in total. The number of hydrogen-bond acceptors (Lipinski definition) is 8. The van der Waals surface area contributed by atoms with E-state index in [1.807, 2.05) is 0 Å². The van der Waals surface area contributed by atoms with Crippen LogP contribution in [0.25, 0.3) is 11.0 Å². The zero-order valence-corrected chi connectivity index (χ0v) is 23.8. The van der Waals surface area contributed by atoms with Gasteiger partial charge in [-0.25, -0.2) is 9.37 Å². The number of fused-ring (bicyclic) bond motifs is 1. The molecule has 0 amide bonds. The molecule has 0 saturated carbocycles. The molecule has 0 unspecified atom stereocenters. The van der Waals surface area contributed by atoms with E-state index in [0.29, 0.717) is 53.5 Å². The standard InChI is InChI=1S/C30H32F4N6O3/c1-38-28-6-4-23(18-27(28)37-29(38)36-26-15-20(30(32,33)34)3-5-25(26)31)43-24-7-8-35-21(17-24)16-22(41)19-40-11-9-39(10-12-40)13-14-42-2/h3-8,15,17-18H,9-14,16,19H2,1-2H3,(H,36,37). The largest absolute Gasteiger partial charge is 0.457 e. The molecule has 2 aromatic heterocycles. The van der Waals surface area contributed by atoms with Crippen LogP contribution in [0.1, 0.15) is 11.3 Å². The summed E-state index contributed by atoms with van der Waals surface area (Å²) in [4.78, 5) is 26.0. The Kier molecular flexibility index (Phi) is 9.23. The Morgan fingerprint density at radius 1 is 1.00 bits per heavy atom. The first-order chi connectivity index (χ1) is 20.6. The van der Waals surface area contributed by atoms with Crippen molar-refractivity contribution in [1.82, 2.24) is 24.3 Å². The second kappa shape index (κ2) is 13.1. The van der Waals surface area contributed by atoms with Gasteiger partial charge < -0.3 is 19.4 Å². The Hall–Kier alpha value is -4.07. The summed E-state index contributed by atoms with van der Waals surface area (Å²) in [7, 11) is 3.35. The van der Waals surface area contributed by atoms with Crippen molar-refractivity contribution in [2.75, 3.05) is 58.3 Å². The quantitative estimate of drug-likeness (QED) is 0.240. The number of ketones is 1. The lowest BCUT2D eigenvalue weighted by molar-refractivity contribution is -0.137. The van der Waals surface area contributed by atoms with Crippen molar-refractivity contribution in [3.05, 3.63) is 71.8 Å². The van der Waals surface area contributed by atoms with Crippen molar-refractivity contribution in [1.29, 1.82) is 0 Å². The minimum absolute atomic E-state index is 0.0714. The third kappa shape index (κ3) is 7.66. The van der Waals surface area contributed by atoms with Gasteiger partial charge in [-0.2, -0.15) is 13.2 Å². The highest BCUT2D eigenvalue weighted by molar-refractivity contribution is 5.83. The van der Waals surface area contributed by atoms with Gasteiger partial charge in [0.2, 0.25) is 5.95 Å². The molecule has 43 heavy (non-hydrogen) atoms. The molecule has 228 valence electrons. The van der Waals surface area contributed by atoms with Crippen LogP contribution in [0.3, 0.4) is 0 Å². The van der Waals surface area contributed by atoms with Gasteiger partial charge in [0, 0.05) is 65.2 Å². The van der Waals surface area contributed by atoms with E-state index in [2.05, 4.69) is 25.1 Å². The van der Waals surface area contributed by atoms with Crippen LogP contribution < -0.4 is 10.1 Å². The van der Waals surface area contributed by atoms with Gasteiger partial charge in [-0.1, -0.05) is 0 Å². The fourth-order valence-electron chi connectivity index (χ4n) is 4.92. The summed E-state index contributed by atoms with van der Waals surface area (Å²) in [6, 6.07) is 10.7.